The lowest BCUT2D eigenvalue weighted by Gasteiger charge is -2.34. The van der Waals surface area contributed by atoms with Gasteiger partial charge in [0, 0.05) is 56.6 Å². The van der Waals surface area contributed by atoms with Crippen molar-refractivity contribution in [1.29, 1.82) is 0 Å². The van der Waals surface area contributed by atoms with Gasteiger partial charge in [-0.05, 0) is 50.6 Å². The zero-order chi connectivity index (χ0) is 19.0. The molecule has 2 saturated heterocycles. The Morgan fingerprint density at radius 1 is 1.11 bits per heavy atom. The Labute approximate surface area is 160 Å². The molecule has 0 unspecified atom stereocenters. The van der Waals surface area contributed by atoms with Gasteiger partial charge >= 0.3 is 6.03 Å². The van der Waals surface area contributed by atoms with E-state index >= 15 is 0 Å². The van der Waals surface area contributed by atoms with Crippen LogP contribution < -0.4 is 15.5 Å². The van der Waals surface area contributed by atoms with E-state index < -0.39 is 0 Å². The molecule has 0 spiro atoms. The average molecular weight is 371 g/mol. The van der Waals surface area contributed by atoms with Gasteiger partial charge in [0.1, 0.15) is 0 Å². The van der Waals surface area contributed by atoms with Crippen molar-refractivity contribution in [3.8, 4) is 0 Å². The van der Waals surface area contributed by atoms with Gasteiger partial charge in [0.25, 0.3) is 0 Å². The number of carbonyl (C=O) groups is 2. The Hall–Kier alpha value is -2.28. The van der Waals surface area contributed by atoms with Crippen LogP contribution >= 0.6 is 0 Å². The van der Waals surface area contributed by atoms with Crippen molar-refractivity contribution in [3.05, 3.63) is 23.8 Å². The molecule has 1 aromatic carbocycles. The van der Waals surface area contributed by atoms with E-state index in [1.54, 1.807) is 0 Å². The maximum atomic E-state index is 12.4. The van der Waals surface area contributed by atoms with Crippen LogP contribution in [0, 0.1) is 6.92 Å². The summed E-state index contributed by atoms with van der Waals surface area (Å²) in [5.74, 6) is 0.163. The number of nitrogens with zero attached hydrogens (tertiary/aromatic N) is 3. The second kappa shape index (κ2) is 7.38. The standard InChI is InChI=1S/C20H29N5O2/c1-14-9-15(11-18(10-14)24-7-5-23(2)6-8-24)21-20(27)22-16-12-19(26)25(13-16)17-3-4-17/h9-11,16-17H,3-8,12-13H2,1-2H3,(H2,21,22,27)/t16-/m1/s1. The van der Waals surface area contributed by atoms with E-state index in [0.29, 0.717) is 19.0 Å². The van der Waals surface area contributed by atoms with E-state index in [4.69, 9.17) is 0 Å². The maximum Gasteiger partial charge on any atom is 0.319 e. The zero-order valence-electron chi connectivity index (χ0n) is 16.2. The second-order valence-corrected chi connectivity index (χ2v) is 8.12. The van der Waals surface area contributed by atoms with Crippen LogP contribution in [0.4, 0.5) is 16.2 Å². The first kappa shape index (κ1) is 18.1. The van der Waals surface area contributed by atoms with Gasteiger partial charge < -0.3 is 25.3 Å². The third kappa shape index (κ3) is 4.35. The topological polar surface area (TPSA) is 67.9 Å². The quantitative estimate of drug-likeness (QED) is 0.844. The van der Waals surface area contributed by atoms with E-state index in [0.717, 1.165) is 56.0 Å². The molecule has 3 fully saturated rings. The number of hydrogen-bond acceptors (Lipinski definition) is 4. The number of rotatable bonds is 4. The number of hydrogen-bond donors (Lipinski definition) is 2. The molecule has 4 rings (SSSR count). The minimum absolute atomic E-state index is 0.0972. The smallest absolute Gasteiger partial charge is 0.319 e. The summed E-state index contributed by atoms with van der Waals surface area (Å²) in [7, 11) is 2.14. The zero-order valence-corrected chi connectivity index (χ0v) is 16.2. The van der Waals surface area contributed by atoms with E-state index in [2.05, 4.69) is 33.5 Å². The largest absolute Gasteiger partial charge is 0.369 e. The Morgan fingerprint density at radius 3 is 2.56 bits per heavy atom. The number of urea groups is 1. The van der Waals surface area contributed by atoms with Crippen molar-refractivity contribution in [3.63, 3.8) is 0 Å². The molecule has 7 nitrogen and oxygen atoms in total. The lowest BCUT2D eigenvalue weighted by atomic mass is 10.1. The molecule has 3 amide bonds. The lowest BCUT2D eigenvalue weighted by molar-refractivity contribution is -0.128. The monoisotopic (exact) mass is 371 g/mol. The number of carbonyl (C=O) groups excluding carboxylic acids is 2. The van der Waals surface area contributed by atoms with Gasteiger partial charge in [0.2, 0.25) is 5.91 Å². The Balaban J connectivity index is 1.36. The molecule has 2 heterocycles. The molecule has 146 valence electrons. The van der Waals surface area contributed by atoms with Gasteiger partial charge in [-0.3, -0.25) is 4.79 Å². The highest BCUT2D eigenvalue weighted by Gasteiger charge is 2.39. The molecule has 0 bridgehead atoms. The molecule has 3 aliphatic rings. The Kier molecular flexibility index (Phi) is 4.95. The summed E-state index contributed by atoms with van der Waals surface area (Å²) in [5.41, 5.74) is 3.07. The third-order valence-electron chi connectivity index (χ3n) is 5.67. The molecule has 7 heteroatoms. The maximum absolute atomic E-state index is 12.4. The number of amides is 3. The van der Waals surface area contributed by atoms with Crippen molar-refractivity contribution in [2.75, 3.05) is 50.0 Å². The summed E-state index contributed by atoms with van der Waals surface area (Å²) in [5, 5.41) is 5.92. The molecule has 0 radical (unpaired) electrons. The fourth-order valence-corrected chi connectivity index (χ4v) is 4.00. The van der Waals surface area contributed by atoms with Crippen molar-refractivity contribution in [2.45, 2.75) is 38.3 Å². The first-order valence-electron chi connectivity index (χ1n) is 9.90. The van der Waals surface area contributed by atoms with Crippen LogP contribution in [-0.4, -0.2) is 73.6 Å². The van der Waals surface area contributed by atoms with E-state index in [-0.39, 0.29) is 18.0 Å². The van der Waals surface area contributed by atoms with Crippen LogP contribution in [-0.2, 0) is 4.79 Å². The highest BCUT2D eigenvalue weighted by Crippen LogP contribution is 2.30. The number of aryl methyl sites for hydroxylation is 1. The second-order valence-electron chi connectivity index (χ2n) is 8.12. The van der Waals surface area contributed by atoms with E-state index in [1.165, 1.54) is 0 Å². The molecular weight excluding hydrogens is 342 g/mol. The minimum atomic E-state index is -0.236. The summed E-state index contributed by atoms with van der Waals surface area (Å²) < 4.78 is 0. The summed E-state index contributed by atoms with van der Waals surface area (Å²) in [6.45, 7) is 6.76. The molecule has 1 saturated carbocycles. The number of likely N-dealkylation sites (N-methyl/N-ethyl adjacent to an activating group) is 1. The van der Waals surface area contributed by atoms with E-state index in [1.807, 2.05) is 24.0 Å². The number of likely N-dealkylation sites (tertiary alicyclic amines) is 1. The van der Waals surface area contributed by atoms with Crippen LogP contribution in [0.5, 0.6) is 0 Å². The van der Waals surface area contributed by atoms with Crippen LogP contribution in [0.1, 0.15) is 24.8 Å². The van der Waals surface area contributed by atoms with Crippen molar-refractivity contribution in [2.24, 2.45) is 0 Å². The minimum Gasteiger partial charge on any atom is -0.369 e. The molecular formula is C20H29N5O2. The first-order chi connectivity index (χ1) is 13.0. The molecule has 0 aromatic heterocycles. The highest BCUT2D eigenvalue weighted by molar-refractivity contribution is 5.91. The Morgan fingerprint density at radius 2 is 1.85 bits per heavy atom. The highest BCUT2D eigenvalue weighted by atomic mass is 16.2. The van der Waals surface area contributed by atoms with Crippen LogP contribution in [0.3, 0.4) is 0 Å². The van der Waals surface area contributed by atoms with Gasteiger partial charge in [-0.1, -0.05) is 0 Å². The molecule has 1 aromatic rings. The van der Waals surface area contributed by atoms with Gasteiger partial charge in [-0.2, -0.15) is 0 Å². The summed E-state index contributed by atoms with van der Waals surface area (Å²) in [6.07, 6.45) is 2.61. The molecule has 2 N–H and O–H groups in total. The van der Waals surface area contributed by atoms with Gasteiger partial charge in [0.15, 0.2) is 0 Å². The SMILES string of the molecule is Cc1cc(NC(=O)N[C@@H]2CC(=O)N(C3CC3)C2)cc(N2CCN(C)CC2)c1. The average Bonchev–Trinajstić information content (AvgIpc) is 3.38. The molecule has 27 heavy (non-hydrogen) atoms. The predicted octanol–water partition coefficient (Wildman–Crippen LogP) is 1.63. The van der Waals surface area contributed by atoms with Gasteiger partial charge in [0.05, 0.1) is 6.04 Å². The fourth-order valence-electron chi connectivity index (χ4n) is 4.00. The summed E-state index contributed by atoms with van der Waals surface area (Å²) >= 11 is 0. The normalized spacial score (nSPS) is 23.6. The number of benzene rings is 1. The molecule has 1 aliphatic carbocycles. The van der Waals surface area contributed by atoms with Crippen LogP contribution in [0.15, 0.2) is 18.2 Å². The van der Waals surface area contributed by atoms with E-state index in [9.17, 15) is 9.59 Å². The first-order valence-corrected chi connectivity index (χ1v) is 9.90. The fraction of sp³-hybridized carbons (Fsp3) is 0.600. The third-order valence-corrected chi connectivity index (χ3v) is 5.67. The number of anilines is 2. The van der Waals surface area contributed by atoms with Crippen LogP contribution in [0.25, 0.3) is 0 Å². The Bertz CT molecular complexity index is 725. The van der Waals surface area contributed by atoms with Crippen molar-refractivity contribution in [1.82, 2.24) is 15.1 Å². The molecule has 2 aliphatic heterocycles. The van der Waals surface area contributed by atoms with Crippen molar-refractivity contribution >= 4 is 23.3 Å². The van der Waals surface area contributed by atoms with Gasteiger partial charge in [-0.25, -0.2) is 4.79 Å². The van der Waals surface area contributed by atoms with Crippen molar-refractivity contribution < 1.29 is 9.59 Å². The lowest BCUT2D eigenvalue weighted by Crippen LogP contribution is -2.44. The predicted molar refractivity (Wildman–Crippen MR) is 106 cm³/mol. The summed E-state index contributed by atoms with van der Waals surface area (Å²) in [6, 6.07) is 6.26. The molecule has 1 atom stereocenters. The van der Waals surface area contributed by atoms with Gasteiger partial charge in [-0.15, -0.1) is 0 Å². The van der Waals surface area contributed by atoms with Crippen LogP contribution in [0.2, 0.25) is 0 Å². The number of piperazine rings is 1. The summed E-state index contributed by atoms with van der Waals surface area (Å²) in [4.78, 5) is 31.1. The number of nitrogens with one attached hydrogen (secondary N) is 2.